The van der Waals surface area contributed by atoms with Crippen molar-refractivity contribution in [3.8, 4) is 17.2 Å². The van der Waals surface area contributed by atoms with E-state index >= 15 is 0 Å². The normalized spacial score (nSPS) is 13.3. The number of rotatable bonds is 6. The topological polar surface area (TPSA) is 69.9 Å². The predicted molar refractivity (Wildman–Crippen MR) is 121 cm³/mol. The molecular formula is C25H20ClNO5. The largest absolute Gasteiger partial charge is 0.486 e. The zero-order valence-electron chi connectivity index (χ0n) is 17.2. The number of hydrogen-bond acceptors (Lipinski definition) is 4. The Hall–Kier alpha value is -3.64. The molecule has 4 aromatic rings. The first-order valence-electron chi connectivity index (χ1n) is 10.2. The summed E-state index contributed by atoms with van der Waals surface area (Å²) >= 11 is 6.43. The van der Waals surface area contributed by atoms with Crippen LogP contribution in [-0.4, -0.2) is 22.4 Å². The number of benzene rings is 3. The standard InChI is InChI=1S/C25H20ClNO5/c1-15(16-5-3-2-4-6-16)32-19-7-8-21-17(9-19)10-22(25(28)29)27(21)13-18-11-23-24(12-20(18)26)31-14-30-23/h2-12,15H,13-14H2,1H3,(H,28,29)/t15-/m1/s1. The Bertz CT molecular complexity index is 1320. The molecule has 3 aromatic carbocycles. The van der Waals surface area contributed by atoms with Gasteiger partial charge in [0.05, 0.1) is 6.54 Å². The first-order valence-corrected chi connectivity index (χ1v) is 10.5. The maximum absolute atomic E-state index is 12.0. The van der Waals surface area contributed by atoms with Crippen LogP contribution >= 0.6 is 11.6 Å². The van der Waals surface area contributed by atoms with E-state index in [1.165, 1.54) is 0 Å². The average molecular weight is 450 g/mol. The Morgan fingerprint density at radius 3 is 2.59 bits per heavy atom. The molecule has 1 atom stereocenters. The number of ether oxygens (including phenoxy) is 3. The second-order valence-electron chi connectivity index (χ2n) is 7.61. The lowest BCUT2D eigenvalue weighted by Crippen LogP contribution is -2.09. The van der Waals surface area contributed by atoms with Gasteiger partial charge in [0.2, 0.25) is 6.79 Å². The summed E-state index contributed by atoms with van der Waals surface area (Å²) in [5, 5.41) is 11.1. The van der Waals surface area contributed by atoms with Gasteiger partial charge < -0.3 is 23.9 Å². The minimum Gasteiger partial charge on any atom is -0.486 e. The first kappa shape index (κ1) is 20.3. The summed E-state index contributed by atoms with van der Waals surface area (Å²) in [5.41, 5.74) is 2.75. The molecule has 6 nitrogen and oxygen atoms in total. The van der Waals surface area contributed by atoms with Gasteiger partial charge in [-0.1, -0.05) is 41.9 Å². The highest BCUT2D eigenvalue weighted by Crippen LogP contribution is 2.38. The van der Waals surface area contributed by atoms with Crippen molar-refractivity contribution in [2.24, 2.45) is 0 Å². The van der Waals surface area contributed by atoms with E-state index in [0.29, 0.717) is 22.3 Å². The van der Waals surface area contributed by atoms with Crippen molar-refractivity contribution < 1.29 is 24.1 Å². The number of carboxylic acids is 1. The Balaban J connectivity index is 1.49. The molecule has 0 saturated heterocycles. The fourth-order valence-electron chi connectivity index (χ4n) is 3.92. The zero-order chi connectivity index (χ0) is 22.2. The summed E-state index contributed by atoms with van der Waals surface area (Å²) in [6, 6.07) is 20.7. The third-order valence-corrected chi connectivity index (χ3v) is 5.90. The summed E-state index contributed by atoms with van der Waals surface area (Å²) in [5.74, 6) is 0.842. The van der Waals surface area contributed by atoms with Crippen LogP contribution in [0.3, 0.4) is 0 Å². The van der Waals surface area contributed by atoms with E-state index in [1.807, 2.05) is 55.5 Å². The van der Waals surface area contributed by atoms with Crippen LogP contribution in [0.2, 0.25) is 5.02 Å². The fraction of sp³-hybridized carbons (Fsp3) is 0.160. The molecule has 1 N–H and O–H groups in total. The number of carbonyl (C=O) groups is 1. The van der Waals surface area contributed by atoms with Crippen molar-refractivity contribution in [1.29, 1.82) is 0 Å². The molecule has 1 aliphatic heterocycles. The van der Waals surface area contributed by atoms with Gasteiger partial charge in [-0.3, -0.25) is 0 Å². The maximum Gasteiger partial charge on any atom is 0.352 e. The Labute approximate surface area is 189 Å². The van der Waals surface area contributed by atoms with Gasteiger partial charge in [-0.25, -0.2) is 4.79 Å². The molecular weight excluding hydrogens is 430 g/mol. The highest BCUT2D eigenvalue weighted by atomic mass is 35.5. The Kier molecular flexibility index (Phi) is 5.15. The number of halogens is 1. The predicted octanol–water partition coefficient (Wildman–Crippen LogP) is 5.91. The maximum atomic E-state index is 12.0. The van der Waals surface area contributed by atoms with Gasteiger partial charge in [0.25, 0.3) is 0 Å². The van der Waals surface area contributed by atoms with Crippen molar-refractivity contribution in [1.82, 2.24) is 4.57 Å². The summed E-state index contributed by atoms with van der Waals surface area (Å²) in [7, 11) is 0. The number of nitrogens with zero attached hydrogens (tertiary/aromatic N) is 1. The van der Waals surface area contributed by atoms with E-state index in [0.717, 1.165) is 22.0 Å². The number of hydrogen-bond donors (Lipinski definition) is 1. The molecule has 2 heterocycles. The molecule has 0 unspecified atom stereocenters. The Morgan fingerprint density at radius 2 is 1.84 bits per heavy atom. The van der Waals surface area contributed by atoms with E-state index in [4.69, 9.17) is 25.8 Å². The highest BCUT2D eigenvalue weighted by molar-refractivity contribution is 6.31. The smallest absolute Gasteiger partial charge is 0.352 e. The van der Waals surface area contributed by atoms with E-state index in [2.05, 4.69) is 0 Å². The molecule has 5 rings (SSSR count). The number of aromatic nitrogens is 1. The lowest BCUT2D eigenvalue weighted by Gasteiger charge is -2.15. The molecule has 7 heteroatoms. The van der Waals surface area contributed by atoms with Gasteiger partial charge in [0.1, 0.15) is 17.5 Å². The summed E-state index contributed by atoms with van der Waals surface area (Å²) < 4.78 is 18.6. The minimum absolute atomic E-state index is 0.137. The van der Waals surface area contributed by atoms with Gasteiger partial charge in [-0.2, -0.15) is 0 Å². The molecule has 0 saturated carbocycles. The molecule has 0 bridgehead atoms. The molecule has 1 aromatic heterocycles. The van der Waals surface area contributed by atoms with Gasteiger partial charge in [0.15, 0.2) is 11.5 Å². The lowest BCUT2D eigenvalue weighted by molar-refractivity contribution is 0.0686. The molecule has 0 spiro atoms. The number of carboxylic acid groups (broad SMARTS) is 1. The fourth-order valence-corrected chi connectivity index (χ4v) is 4.13. The summed E-state index contributed by atoms with van der Waals surface area (Å²) in [6.07, 6.45) is -0.137. The molecule has 32 heavy (non-hydrogen) atoms. The van der Waals surface area contributed by atoms with Crippen LogP contribution in [0.4, 0.5) is 0 Å². The molecule has 0 amide bonds. The van der Waals surface area contributed by atoms with E-state index in [-0.39, 0.29) is 25.1 Å². The third-order valence-electron chi connectivity index (χ3n) is 5.54. The molecule has 0 radical (unpaired) electrons. The van der Waals surface area contributed by atoms with Crippen molar-refractivity contribution in [3.63, 3.8) is 0 Å². The zero-order valence-corrected chi connectivity index (χ0v) is 18.0. The van der Waals surface area contributed by atoms with Crippen LogP contribution in [0.5, 0.6) is 17.2 Å². The van der Waals surface area contributed by atoms with Crippen LogP contribution in [0.25, 0.3) is 10.9 Å². The van der Waals surface area contributed by atoms with Gasteiger partial charge in [-0.05, 0) is 48.4 Å². The summed E-state index contributed by atoms with van der Waals surface area (Å²) in [6.45, 7) is 2.41. The van der Waals surface area contributed by atoms with Crippen LogP contribution in [0, 0.1) is 0 Å². The third kappa shape index (κ3) is 3.74. The minimum atomic E-state index is -1.02. The van der Waals surface area contributed by atoms with Crippen LogP contribution in [0.15, 0.2) is 66.7 Å². The van der Waals surface area contributed by atoms with Gasteiger partial charge >= 0.3 is 5.97 Å². The van der Waals surface area contributed by atoms with Crippen LogP contribution in [-0.2, 0) is 6.54 Å². The lowest BCUT2D eigenvalue weighted by atomic mass is 10.1. The van der Waals surface area contributed by atoms with E-state index in [9.17, 15) is 9.90 Å². The Morgan fingerprint density at radius 1 is 1.09 bits per heavy atom. The molecule has 162 valence electrons. The van der Waals surface area contributed by atoms with E-state index < -0.39 is 5.97 Å². The van der Waals surface area contributed by atoms with E-state index in [1.54, 1.807) is 22.8 Å². The van der Waals surface area contributed by atoms with Gasteiger partial charge in [0, 0.05) is 22.0 Å². The quantitative estimate of drug-likeness (QED) is 0.396. The number of aromatic carboxylic acids is 1. The molecule has 0 aliphatic carbocycles. The second-order valence-corrected chi connectivity index (χ2v) is 8.02. The number of fused-ring (bicyclic) bond motifs is 2. The monoisotopic (exact) mass is 449 g/mol. The van der Waals surface area contributed by atoms with Crippen molar-refractivity contribution in [3.05, 3.63) is 88.6 Å². The molecule has 0 fully saturated rings. The van der Waals surface area contributed by atoms with Gasteiger partial charge in [-0.15, -0.1) is 0 Å². The van der Waals surface area contributed by atoms with Crippen LogP contribution in [0.1, 0.15) is 34.6 Å². The van der Waals surface area contributed by atoms with Crippen molar-refractivity contribution >= 4 is 28.5 Å². The molecule has 1 aliphatic rings. The summed E-state index contributed by atoms with van der Waals surface area (Å²) in [4.78, 5) is 12.0. The van der Waals surface area contributed by atoms with Crippen molar-refractivity contribution in [2.45, 2.75) is 19.6 Å². The highest BCUT2D eigenvalue weighted by Gasteiger charge is 2.20. The average Bonchev–Trinajstić information content (AvgIpc) is 3.38. The first-order chi connectivity index (χ1) is 15.5. The SMILES string of the molecule is C[C@@H](Oc1ccc2c(c1)cc(C(=O)O)n2Cc1cc2c(cc1Cl)OCO2)c1ccccc1. The second kappa shape index (κ2) is 8.13. The van der Waals surface area contributed by atoms with Crippen molar-refractivity contribution in [2.75, 3.05) is 6.79 Å². The van der Waals surface area contributed by atoms with Crippen LogP contribution < -0.4 is 14.2 Å².